The molecule has 0 amide bonds. The zero-order chi connectivity index (χ0) is 15.9. The van der Waals surface area contributed by atoms with Gasteiger partial charge < -0.3 is 20.4 Å². The fourth-order valence-electron chi connectivity index (χ4n) is 2.23. The lowest BCUT2D eigenvalue weighted by Gasteiger charge is -2.05. The van der Waals surface area contributed by atoms with Crippen molar-refractivity contribution in [3.05, 3.63) is 48.0 Å². The van der Waals surface area contributed by atoms with E-state index < -0.39 is 0 Å². The summed E-state index contributed by atoms with van der Waals surface area (Å²) >= 11 is 1.49. The van der Waals surface area contributed by atoms with Gasteiger partial charge in [-0.1, -0.05) is 0 Å². The van der Waals surface area contributed by atoms with E-state index in [0.29, 0.717) is 5.56 Å². The molecule has 0 spiro atoms. The molecular weight excluding hydrogens is 300 g/mol. The molecule has 0 saturated carbocycles. The van der Waals surface area contributed by atoms with Gasteiger partial charge in [0.1, 0.15) is 0 Å². The van der Waals surface area contributed by atoms with Crippen LogP contribution in [0.4, 0.5) is 0 Å². The number of aryl methyl sites for hydroxylation is 1. The third-order valence-corrected chi connectivity index (χ3v) is 4.61. The maximum Gasteiger partial charge on any atom is 0.160 e. The van der Waals surface area contributed by atoms with E-state index in [4.69, 9.17) is 0 Å². The number of hydrogen-bond acceptors (Lipinski definition) is 5. The summed E-state index contributed by atoms with van der Waals surface area (Å²) in [5.74, 6) is -0.568. The van der Waals surface area contributed by atoms with Crippen molar-refractivity contribution in [2.75, 3.05) is 0 Å². The fourth-order valence-corrected chi connectivity index (χ4v) is 3.22. The first kappa shape index (κ1) is 14.3. The van der Waals surface area contributed by atoms with Crippen LogP contribution in [0.15, 0.2) is 42.5 Å². The SMILES string of the molecule is Cc1cc(-c2ccc(-c3ccc(O)c(O)c3)s2)cc(O)c1O. The van der Waals surface area contributed by atoms with Gasteiger partial charge in [0.25, 0.3) is 0 Å². The fraction of sp³-hybridized carbons (Fsp3) is 0.0588. The molecule has 0 radical (unpaired) electrons. The van der Waals surface area contributed by atoms with Crippen molar-refractivity contribution in [1.29, 1.82) is 0 Å². The number of phenolic OH excluding ortho intramolecular Hbond substituents is 4. The normalized spacial score (nSPS) is 10.8. The monoisotopic (exact) mass is 314 g/mol. The van der Waals surface area contributed by atoms with Crippen LogP contribution in [-0.2, 0) is 0 Å². The summed E-state index contributed by atoms with van der Waals surface area (Å²) < 4.78 is 0. The van der Waals surface area contributed by atoms with E-state index in [-0.39, 0.29) is 23.0 Å². The Hall–Kier alpha value is -2.66. The molecule has 1 aromatic heterocycles. The first-order valence-electron chi connectivity index (χ1n) is 6.61. The maximum absolute atomic E-state index is 9.73. The highest BCUT2D eigenvalue weighted by Gasteiger charge is 2.11. The zero-order valence-electron chi connectivity index (χ0n) is 11.7. The Morgan fingerprint density at radius 2 is 1.32 bits per heavy atom. The molecule has 3 rings (SSSR count). The zero-order valence-corrected chi connectivity index (χ0v) is 12.6. The topological polar surface area (TPSA) is 80.9 Å². The molecule has 22 heavy (non-hydrogen) atoms. The molecule has 4 nitrogen and oxygen atoms in total. The molecule has 2 aromatic carbocycles. The Morgan fingerprint density at radius 1 is 0.682 bits per heavy atom. The molecule has 0 aliphatic carbocycles. The van der Waals surface area contributed by atoms with Crippen LogP contribution in [0.5, 0.6) is 23.0 Å². The lowest BCUT2D eigenvalue weighted by atomic mass is 10.1. The van der Waals surface area contributed by atoms with Crippen LogP contribution in [0, 0.1) is 6.92 Å². The van der Waals surface area contributed by atoms with E-state index in [1.165, 1.54) is 29.5 Å². The number of thiophene rings is 1. The smallest absolute Gasteiger partial charge is 0.160 e. The highest BCUT2D eigenvalue weighted by molar-refractivity contribution is 7.18. The van der Waals surface area contributed by atoms with Crippen LogP contribution < -0.4 is 0 Å². The van der Waals surface area contributed by atoms with Crippen molar-refractivity contribution in [2.45, 2.75) is 6.92 Å². The van der Waals surface area contributed by atoms with Gasteiger partial charge in [0, 0.05) is 9.75 Å². The standard InChI is InChI=1S/C17H14O4S/c1-9-6-11(8-14(20)17(9)21)16-5-4-15(22-16)10-2-3-12(18)13(19)7-10/h2-8,18-21H,1H3. The van der Waals surface area contributed by atoms with E-state index in [0.717, 1.165) is 20.9 Å². The van der Waals surface area contributed by atoms with Crippen LogP contribution in [-0.4, -0.2) is 20.4 Å². The predicted octanol–water partition coefficient (Wildman–Crippen LogP) is 4.21. The Labute approximate surface area is 131 Å². The van der Waals surface area contributed by atoms with Gasteiger partial charge in [0.05, 0.1) is 0 Å². The van der Waals surface area contributed by atoms with Gasteiger partial charge in [-0.3, -0.25) is 0 Å². The third-order valence-electron chi connectivity index (χ3n) is 3.43. The van der Waals surface area contributed by atoms with Crippen LogP contribution >= 0.6 is 11.3 Å². The van der Waals surface area contributed by atoms with Crippen molar-refractivity contribution < 1.29 is 20.4 Å². The molecule has 3 aromatic rings. The van der Waals surface area contributed by atoms with Gasteiger partial charge in [0.15, 0.2) is 23.0 Å². The van der Waals surface area contributed by atoms with Gasteiger partial charge in [-0.25, -0.2) is 0 Å². The lowest BCUT2D eigenvalue weighted by molar-refractivity contribution is 0.401. The molecule has 0 aliphatic rings. The van der Waals surface area contributed by atoms with Crippen LogP contribution in [0.25, 0.3) is 20.9 Å². The second-order valence-electron chi connectivity index (χ2n) is 5.03. The van der Waals surface area contributed by atoms with Gasteiger partial charge in [0.2, 0.25) is 0 Å². The number of phenols is 4. The predicted molar refractivity (Wildman–Crippen MR) is 86.6 cm³/mol. The summed E-state index contributed by atoms with van der Waals surface area (Å²) in [5, 5.41) is 38.3. The minimum atomic E-state index is -0.162. The van der Waals surface area contributed by atoms with Crippen molar-refractivity contribution in [3.8, 4) is 43.9 Å². The van der Waals surface area contributed by atoms with Crippen molar-refractivity contribution in [1.82, 2.24) is 0 Å². The van der Waals surface area contributed by atoms with Crippen LogP contribution in [0.1, 0.15) is 5.56 Å². The molecular formula is C17H14O4S. The number of benzene rings is 2. The van der Waals surface area contributed by atoms with E-state index in [9.17, 15) is 20.4 Å². The molecule has 0 unspecified atom stereocenters. The minimum Gasteiger partial charge on any atom is -0.504 e. The average Bonchev–Trinajstić information content (AvgIpc) is 2.97. The van der Waals surface area contributed by atoms with Crippen LogP contribution in [0.2, 0.25) is 0 Å². The van der Waals surface area contributed by atoms with E-state index in [1.54, 1.807) is 19.1 Å². The molecule has 0 aliphatic heterocycles. The molecule has 1 heterocycles. The summed E-state index contributed by atoms with van der Waals surface area (Å²) in [4.78, 5) is 1.86. The second-order valence-corrected chi connectivity index (χ2v) is 6.11. The molecule has 112 valence electrons. The average molecular weight is 314 g/mol. The van der Waals surface area contributed by atoms with Crippen molar-refractivity contribution in [3.63, 3.8) is 0 Å². The molecule has 0 fully saturated rings. The number of aromatic hydroxyl groups is 4. The van der Waals surface area contributed by atoms with E-state index >= 15 is 0 Å². The van der Waals surface area contributed by atoms with Gasteiger partial charge in [-0.15, -0.1) is 11.3 Å². The molecule has 0 bridgehead atoms. The lowest BCUT2D eigenvalue weighted by Crippen LogP contribution is -1.79. The molecule has 0 atom stereocenters. The summed E-state index contributed by atoms with van der Waals surface area (Å²) in [6, 6.07) is 11.8. The van der Waals surface area contributed by atoms with Crippen molar-refractivity contribution in [2.24, 2.45) is 0 Å². The highest BCUT2D eigenvalue weighted by atomic mass is 32.1. The Kier molecular flexibility index (Phi) is 3.42. The Balaban J connectivity index is 2.02. The maximum atomic E-state index is 9.73. The molecule has 4 N–H and O–H groups in total. The summed E-state index contributed by atoms with van der Waals surface area (Å²) in [7, 11) is 0. The first-order valence-corrected chi connectivity index (χ1v) is 7.42. The van der Waals surface area contributed by atoms with Crippen LogP contribution in [0.3, 0.4) is 0 Å². The highest BCUT2D eigenvalue weighted by Crippen LogP contribution is 2.40. The van der Waals surface area contributed by atoms with Gasteiger partial charge >= 0.3 is 0 Å². The third kappa shape index (κ3) is 2.46. The number of hydrogen-bond donors (Lipinski definition) is 4. The summed E-state index contributed by atoms with van der Waals surface area (Å²) in [6.45, 7) is 1.73. The van der Waals surface area contributed by atoms with E-state index in [2.05, 4.69) is 0 Å². The quantitative estimate of drug-likeness (QED) is 0.534. The second kappa shape index (κ2) is 5.27. The van der Waals surface area contributed by atoms with Gasteiger partial charge in [-0.2, -0.15) is 0 Å². The Morgan fingerprint density at radius 3 is 1.95 bits per heavy atom. The van der Waals surface area contributed by atoms with Crippen molar-refractivity contribution >= 4 is 11.3 Å². The Bertz CT molecular complexity index is 829. The summed E-state index contributed by atoms with van der Waals surface area (Å²) in [6.07, 6.45) is 0. The summed E-state index contributed by atoms with van der Waals surface area (Å²) in [5.41, 5.74) is 2.21. The number of rotatable bonds is 2. The molecule has 5 heteroatoms. The van der Waals surface area contributed by atoms with E-state index in [1.807, 2.05) is 12.1 Å². The van der Waals surface area contributed by atoms with Gasteiger partial charge in [-0.05, 0) is 66.1 Å². The first-order chi connectivity index (χ1) is 10.5. The minimum absolute atomic E-state index is 0.107. The largest absolute Gasteiger partial charge is 0.504 e. The molecule has 0 saturated heterocycles.